The topological polar surface area (TPSA) is 126 Å². The van der Waals surface area contributed by atoms with E-state index in [1.165, 1.54) is 0 Å². The van der Waals surface area contributed by atoms with E-state index in [0.717, 1.165) is 75.2 Å². The van der Waals surface area contributed by atoms with Crippen molar-refractivity contribution >= 4 is 40.9 Å². The van der Waals surface area contributed by atoms with Gasteiger partial charge in [-0.1, -0.05) is 29.5 Å². The number of hydrogen-bond acceptors (Lipinski definition) is 8. The van der Waals surface area contributed by atoms with Crippen LogP contribution >= 0.6 is 11.6 Å². The molecule has 0 aliphatic carbocycles. The first-order valence-electron chi connectivity index (χ1n) is 19.2. The van der Waals surface area contributed by atoms with Crippen molar-refractivity contribution in [3.63, 3.8) is 0 Å². The summed E-state index contributed by atoms with van der Waals surface area (Å²) < 4.78 is 6.09. The molecule has 0 spiro atoms. The van der Waals surface area contributed by atoms with Crippen molar-refractivity contribution in [3.05, 3.63) is 93.5 Å². The molecule has 5 aliphatic rings. The molecule has 8 rings (SSSR count). The van der Waals surface area contributed by atoms with E-state index < -0.39 is 11.9 Å². The second-order valence-electron chi connectivity index (χ2n) is 15.3. The van der Waals surface area contributed by atoms with E-state index >= 15 is 0 Å². The molecule has 0 radical (unpaired) electrons. The summed E-state index contributed by atoms with van der Waals surface area (Å²) in [6.45, 7) is 6.58. The molecular formula is C43H43ClN6O5. The Labute approximate surface area is 326 Å². The van der Waals surface area contributed by atoms with Gasteiger partial charge in [-0.2, -0.15) is 5.26 Å². The predicted molar refractivity (Wildman–Crippen MR) is 206 cm³/mol. The molecule has 4 saturated heterocycles. The highest BCUT2D eigenvalue weighted by Gasteiger charge is 2.39. The lowest BCUT2D eigenvalue weighted by Gasteiger charge is -2.41. The van der Waals surface area contributed by atoms with Gasteiger partial charge in [0.1, 0.15) is 24.0 Å². The average Bonchev–Trinajstić information content (AvgIpc) is 3.51. The summed E-state index contributed by atoms with van der Waals surface area (Å²) in [6, 6.07) is 20.3. The zero-order valence-electron chi connectivity index (χ0n) is 30.6. The van der Waals surface area contributed by atoms with E-state index in [2.05, 4.69) is 45.2 Å². The van der Waals surface area contributed by atoms with E-state index in [1.807, 2.05) is 35.2 Å². The van der Waals surface area contributed by atoms with Gasteiger partial charge < -0.3 is 24.3 Å². The van der Waals surface area contributed by atoms with Crippen LogP contribution < -0.4 is 15.0 Å². The first-order valence-corrected chi connectivity index (χ1v) is 19.6. The van der Waals surface area contributed by atoms with Crippen LogP contribution in [0.15, 0.2) is 60.7 Å². The molecular weight excluding hydrogens is 716 g/mol. The lowest BCUT2D eigenvalue weighted by molar-refractivity contribution is -0.136. The molecule has 4 fully saturated rings. The second-order valence-corrected chi connectivity index (χ2v) is 15.7. The second kappa shape index (κ2) is 15.8. The molecule has 1 N–H and O–H groups in total. The van der Waals surface area contributed by atoms with Gasteiger partial charge in [0.2, 0.25) is 11.8 Å². The maximum atomic E-state index is 13.3. The van der Waals surface area contributed by atoms with Crippen LogP contribution in [0.25, 0.3) is 0 Å². The van der Waals surface area contributed by atoms with Gasteiger partial charge in [0.05, 0.1) is 10.6 Å². The minimum absolute atomic E-state index is 0.00570. The zero-order chi connectivity index (χ0) is 38.1. The molecule has 0 aromatic heterocycles. The molecule has 0 saturated carbocycles. The van der Waals surface area contributed by atoms with Crippen LogP contribution in [0, 0.1) is 35.0 Å². The Bertz CT molecular complexity index is 2100. The molecule has 11 nitrogen and oxygen atoms in total. The maximum Gasteiger partial charge on any atom is 0.255 e. The SMILES string of the molecule is N#Cc1ccc(OC2CCN(C(=O)c3ccc(N4CCC(CN5CC(C#Cc6ccc7c(c6)C(=O)N(C6CCC(=O)NC6=O)C7)C5)CC4)cc3)CC2)cc1Cl. The number of piperidine rings is 3. The quantitative estimate of drug-likeness (QED) is 0.268. The van der Waals surface area contributed by atoms with Gasteiger partial charge >= 0.3 is 0 Å². The number of carbonyl (C=O) groups is 4. The highest BCUT2D eigenvalue weighted by Crippen LogP contribution is 2.30. The number of benzene rings is 3. The van der Waals surface area contributed by atoms with Gasteiger partial charge in [0.15, 0.2) is 0 Å². The molecule has 0 bridgehead atoms. The van der Waals surface area contributed by atoms with Crippen LogP contribution in [0.5, 0.6) is 5.75 Å². The summed E-state index contributed by atoms with van der Waals surface area (Å²) in [4.78, 5) is 58.7. The summed E-state index contributed by atoms with van der Waals surface area (Å²) in [6.07, 6.45) is 4.30. The number of ether oxygens (including phenoxy) is 1. The molecule has 282 valence electrons. The number of nitrogens with one attached hydrogen (secondary N) is 1. The maximum absolute atomic E-state index is 13.3. The normalized spacial score (nSPS) is 21.0. The molecule has 1 atom stereocenters. The standard InChI is InChI=1S/C43H43ClN6O5/c44-38-22-36(10-7-32(38)23-45)55-35-15-19-49(20-16-35)42(53)31-5-8-34(9-6-31)48-17-13-29(14-18-48)24-47-25-30(26-47)2-1-28-3-4-33-27-50(43(54)37(33)21-28)39-11-12-40(51)46-41(39)52/h3-10,21-22,29-30,35,39H,11-20,24-27H2,(H,46,51,52). The van der Waals surface area contributed by atoms with Gasteiger partial charge in [-0.15, -0.1) is 0 Å². The number of imide groups is 1. The van der Waals surface area contributed by atoms with Crippen molar-refractivity contribution in [2.45, 2.75) is 57.2 Å². The number of hydrogen-bond donors (Lipinski definition) is 1. The minimum atomic E-state index is -0.615. The number of fused-ring (bicyclic) bond motifs is 1. The fraction of sp³-hybridized carbons (Fsp3) is 0.419. The Hall–Kier alpha value is -5.36. The van der Waals surface area contributed by atoms with Crippen molar-refractivity contribution in [1.82, 2.24) is 20.0 Å². The summed E-state index contributed by atoms with van der Waals surface area (Å²) in [5.74, 6) is 7.45. The van der Waals surface area contributed by atoms with E-state index in [-0.39, 0.29) is 30.2 Å². The third-order valence-electron chi connectivity index (χ3n) is 11.6. The monoisotopic (exact) mass is 758 g/mol. The molecule has 4 amide bonds. The summed E-state index contributed by atoms with van der Waals surface area (Å²) in [7, 11) is 0. The Kier molecular flexibility index (Phi) is 10.5. The molecule has 5 heterocycles. The minimum Gasteiger partial charge on any atom is -0.490 e. The van der Waals surface area contributed by atoms with Gasteiger partial charge in [-0.3, -0.25) is 24.5 Å². The summed E-state index contributed by atoms with van der Waals surface area (Å²) in [5, 5.41) is 11.8. The van der Waals surface area contributed by atoms with Crippen LogP contribution in [0.2, 0.25) is 5.02 Å². The van der Waals surface area contributed by atoms with E-state index in [0.29, 0.717) is 65.4 Å². The van der Waals surface area contributed by atoms with Gasteiger partial charge in [0.25, 0.3) is 11.8 Å². The number of anilines is 1. The molecule has 3 aromatic carbocycles. The fourth-order valence-corrected chi connectivity index (χ4v) is 8.61. The summed E-state index contributed by atoms with van der Waals surface area (Å²) >= 11 is 6.15. The third kappa shape index (κ3) is 8.05. The average molecular weight is 759 g/mol. The molecule has 55 heavy (non-hydrogen) atoms. The van der Waals surface area contributed by atoms with Gasteiger partial charge in [-0.05, 0) is 79.3 Å². The molecule has 3 aromatic rings. The van der Waals surface area contributed by atoms with Crippen molar-refractivity contribution in [1.29, 1.82) is 5.26 Å². The molecule has 5 aliphatic heterocycles. The number of likely N-dealkylation sites (tertiary alicyclic amines) is 2. The molecule has 12 heteroatoms. The van der Waals surface area contributed by atoms with Crippen molar-refractivity contribution in [3.8, 4) is 23.7 Å². The van der Waals surface area contributed by atoms with E-state index in [4.69, 9.17) is 21.6 Å². The van der Waals surface area contributed by atoms with Gasteiger partial charge in [-0.25, -0.2) is 0 Å². The third-order valence-corrected chi connectivity index (χ3v) is 11.9. The Morgan fingerprint density at radius 1 is 0.909 bits per heavy atom. The van der Waals surface area contributed by atoms with Crippen LogP contribution in [-0.4, -0.2) is 96.3 Å². The van der Waals surface area contributed by atoms with Crippen LogP contribution in [0.4, 0.5) is 5.69 Å². The Morgan fingerprint density at radius 3 is 2.38 bits per heavy atom. The highest BCUT2D eigenvalue weighted by atomic mass is 35.5. The number of nitriles is 1. The number of carbonyl (C=O) groups excluding carboxylic acids is 4. The van der Waals surface area contributed by atoms with E-state index in [1.54, 1.807) is 23.1 Å². The predicted octanol–water partition coefficient (Wildman–Crippen LogP) is 4.86. The molecule has 1 unspecified atom stereocenters. The van der Waals surface area contributed by atoms with Crippen LogP contribution in [0.1, 0.15) is 75.9 Å². The Balaban J connectivity index is 0.748. The van der Waals surface area contributed by atoms with Crippen molar-refractivity contribution in [2.75, 3.05) is 50.7 Å². The number of rotatable bonds is 7. The number of amides is 4. The first-order chi connectivity index (χ1) is 26.7. The zero-order valence-corrected chi connectivity index (χ0v) is 31.4. The fourth-order valence-electron chi connectivity index (χ4n) is 8.39. The number of nitrogens with zero attached hydrogens (tertiary/aromatic N) is 5. The lowest BCUT2D eigenvalue weighted by atomic mass is 9.92. The smallest absolute Gasteiger partial charge is 0.255 e. The highest BCUT2D eigenvalue weighted by molar-refractivity contribution is 6.31. The summed E-state index contributed by atoms with van der Waals surface area (Å²) in [5.41, 5.74) is 4.56. The van der Waals surface area contributed by atoms with Crippen LogP contribution in [0.3, 0.4) is 0 Å². The van der Waals surface area contributed by atoms with Gasteiger partial charge in [0, 0.05) is 106 Å². The Morgan fingerprint density at radius 2 is 1.67 bits per heavy atom. The first kappa shape index (κ1) is 36.6. The lowest BCUT2D eigenvalue weighted by Crippen LogP contribution is -2.52. The van der Waals surface area contributed by atoms with E-state index in [9.17, 15) is 19.2 Å². The number of halogens is 1. The van der Waals surface area contributed by atoms with Crippen LogP contribution in [-0.2, 0) is 16.1 Å². The largest absolute Gasteiger partial charge is 0.490 e. The van der Waals surface area contributed by atoms with Crippen molar-refractivity contribution < 1.29 is 23.9 Å². The van der Waals surface area contributed by atoms with Crippen molar-refractivity contribution in [2.24, 2.45) is 11.8 Å².